The largest absolute Gasteiger partial charge is 0.493 e. The van der Waals surface area contributed by atoms with E-state index in [0.29, 0.717) is 17.1 Å². The Labute approximate surface area is 164 Å². The molecule has 0 aliphatic carbocycles. The Morgan fingerprint density at radius 2 is 1.86 bits per heavy atom. The molecule has 28 heavy (non-hydrogen) atoms. The van der Waals surface area contributed by atoms with Crippen molar-refractivity contribution < 1.29 is 24.0 Å². The first kappa shape index (κ1) is 19.4. The molecule has 0 spiro atoms. The molecule has 0 N–H and O–H groups in total. The van der Waals surface area contributed by atoms with E-state index in [2.05, 4.69) is 0 Å². The van der Waals surface area contributed by atoms with Crippen LogP contribution in [0.5, 0.6) is 11.5 Å². The SMILES string of the molecule is COc1cccc(/C=C2\SC(=O)N(Cc3ccccc3[N+](=O)[O-])C2=O)c1OC. The second-order valence-electron chi connectivity index (χ2n) is 5.74. The number of benzene rings is 2. The quantitative estimate of drug-likeness (QED) is 0.412. The van der Waals surface area contributed by atoms with E-state index in [1.54, 1.807) is 30.3 Å². The first-order valence-electron chi connectivity index (χ1n) is 8.15. The van der Waals surface area contributed by atoms with Crippen LogP contribution in [0, 0.1) is 10.1 Å². The van der Waals surface area contributed by atoms with E-state index in [9.17, 15) is 19.7 Å². The van der Waals surface area contributed by atoms with E-state index in [-0.39, 0.29) is 22.7 Å². The van der Waals surface area contributed by atoms with Crippen LogP contribution in [0.4, 0.5) is 10.5 Å². The van der Waals surface area contributed by atoms with Gasteiger partial charge in [0, 0.05) is 17.2 Å². The zero-order valence-electron chi connectivity index (χ0n) is 15.1. The maximum Gasteiger partial charge on any atom is 0.293 e. The van der Waals surface area contributed by atoms with Crippen LogP contribution in [0.1, 0.15) is 11.1 Å². The molecule has 9 heteroatoms. The number of carbonyl (C=O) groups is 2. The lowest BCUT2D eigenvalue weighted by molar-refractivity contribution is -0.385. The van der Waals surface area contributed by atoms with E-state index in [4.69, 9.17) is 9.47 Å². The number of amides is 2. The van der Waals surface area contributed by atoms with Gasteiger partial charge in [-0.1, -0.05) is 30.3 Å². The predicted octanol–water partition coefficient (Wildman–Crippen LogP) is 3.85. The van der Waals surface area contributed by atoms with Gasteiger partial charge in [0.25, 0.3) is 16.8 Å². The minimum absolute atomic E-state index is 0.139. The minimum Gasteiger partial charge on any atom is -0.493 e. The lowest BCUT2D eigenvalue weighted by Gasteiger charge is -2.12. The second kappa shape index (κ2) is 8.13. The van der Waals surface area contributed by atoms with Gasteiger partial charge in [0.2, 0.25) is 0 Å². The Morgan fingerprint density at radius 3 is 2.54 bits per heavy atom. The zero-order valence-corrected chi connectivity index (χ0v) is 15.9. The van der Waals surface area contributed by atoms with Crippen molar-refractivity contribution in [3.05, 3.63) is 68.6 Å². The summed E-state index contributed by atoms with van der Waals surface area (Å²) in [7, 11) is 2.98. The highest BCUT2D eigenvalue weighted by atomic mass is 32.2. The molecule has 0 atom stereocenters. The summed E-state index contributed by atoms with van der Waals surface area (Å²) in [6.45, 7) is -0.172. The number of nitro benzene ring substituents is 1. The van der Waals surface area contributed by atoms with Crippen LogP contribution < -0.4 is 9.47 Å². The van der Waals surface area contributed by atoms with Crippen LogP contribution in [-0.2, 0) is 11.3 Å². The summed E-state index contributed by atoms with van der Waals surface area (Å²) in [5.74, 6) is 0.420. The van der Waals surface area contributed by atoms with Crippen molar-refractivity contribution in [3.8, 4) is 11.5 Å². The number of hydrogen-bond donors (Lipinski definition) is 0. The molecular formula is C19H16N2O6S. The maximum atomic E-state index is 12.7. The fraction of sp³-hybridized carbons (Fsp3) is 0.158. The molecule has 1 fully saturated rings. The Bertz CT molecular complexity index is 988. The van der Waals surface area contributed by atoms with E-state index in [1.165, 1.54) is 32.4 Å². The van der Waals surface area contributed by atoms with Crippen molar-refractivity contribution in [2.75, 3.05) is 14.2 Å². The van der Waals surface area contributed by atoms with Crippen molar-refractivity contribution in [2.45, 2.75) is 6.54 Å². The van der Waals surface area contributed by atoms with Crippen LogP contribution >= 0.6 is 11.8 Å². The van der Waals surface area contributed by atoms with Crippen LogP contribution in [0.2, 0.25) is 0 Å². The zero-order chi connectivity index (χ0) is 20.3. The number of thioether (sulfide) groups is 1. The number of imide groups is 1. The molecule has 0 bridgehead atoms. The first-order valence-corrected chi connectivity index (χ1v) is 8.96. The average molecular weight is 400 g/mol. The Balaban J connectivity index is 1.91. The van der Waals surface area contributed by atoms with Gasteiger partial charge in [-0.25, -0.2) is 0 Å². The highest BCUT2D eigenvalue weighted by Gasteiger charge is 2.36. The highest BCUT2D eigenvalue weighted by molar-refractivity contribution is 8.18. The van der Waals surface area contributed by atoms with E-state index in [0.717, 1.165) is 16.7 Å². The number of hydrogen-bond acceptors (Lipinski definition) is 7. The summed E-state index contributed by atoms with van der Waals surface area (Å²) in [5.41, 5.74) is 0.730. The average Bonchev–Trinajstić information content (AvgIpc) is 2.95. The lowest BCUT2D eigenvalue weighted by atomic mass is 10.1. The summed E-state index contributed by atoms with van der Waals surface area (Å²) >= 11 is 0.775. The van der Waals surface area contributed by atoms with Crippen molar-refractivity contribution in [3.63, 3.8) is 0 Å². The Morgan fingerprint density at radius 1 is 1.11 bits per heavy atom. The van der Waals surface area contributed by atoms with Gasteiger partial charge in [-0.15, -0.1) is 0 Å². The van der Waals surface area contributed by atoms with Crippen molar-refractivity contribution in [1.82, 2.24) is 4.90 Å². The van der Waals surface area contributed by atoms with Gasteiger partial charge >= 0.3 is 0 Å². The highest BCUT2D eigenvalue weighted by Crippen LogP contribution is 2.38. The van der Waals surface area contributed by atoms with Crippen molar-refractivity contribution >= 4 is 34.7 Å². The third-order valence-corrected chi connectivity index (χ3v) is 5.02. The third-order valence-electron chi connectivity index (χ3n) is 4.11. The van der Waals surface area contributed by atoms with Crippen LogP contribution in [-0.4, -0.2) is 35.2 Å². The number of nitrogens with zero attached hydrogens (tertiary/aromatic N) is 2. The van der Waals surface area contributed by atoms with Gasteiger partial charge in [-0.05, 0) is 23.9 Å². The lowest BCUT2D eigenvalue weighted by Crippen LogP contribution is -2.27. The van der Waals surface area contributed by atoms with Gasteiger partial charge in [-0.3, -0.25) is 24.6 Å². The van der Waals surface area contributed by atoms with Gasteiger partial charge in [0.05, 0.1) is 30.6 Å². The van der Waals surface area contributed by atoms with E-state index < -0.39 is 16.1 Å². The van der Waals surface area contributed by atoms with Gasteiger partial charge < -0.3 is 9.47 Å². The number of ether oxygens (including phenoxy) is 2. The molecule has 0 unspecified atom stereocenters. The molecule has 0 aromatic heterocycles. The Hall–Kier alpha value is -3.33. The molecule has 2 aromatic carbocycles. The Kier molecular flexibility index (Phi) is 5.65. The molecule has 0 radical (unpaired) electrons. The van der Waals surface area contributed by atoms with E-state index >= 15 is 0 Å². The molecule has 1 saturated heterocycles. The molecule has 1 heterocycles. The molecule has 2 amide bonds. The number of methoxy groups -OCH3 is 2. The van der Waals surface area contributed by atoms with Crippen molar-refractivity contribution in [1.29, 1.82) is 0 Å². The summed E-state index contributed by atoms with van der Waals surface area (Å²) in [6, 6.07) is 11.2. The molecule has 0 saturated carbocycles. The number of carbonyl (C=O) groups excluding carboxylic acids is 2. The first-order chi connectivity index (χ1) is 13.5. The fourth-order valence-electron chi connectivity index (χ4n) is 2.80. The summed E-state index contributed by atoms with van der Waals surface area (Å²) < 4.78 is 10.6. The van der Waals surface area contributed by atoms with Crippen LogP contribution in [0.25, 0.3) is 6.08 Å². The summed E-state index contributed by atoms with van der Waals surface area (Å²) in [6.07, 6.45) is 1.55. The third kappa shape index (κ3) is 3.70. The fourth-order valence-corrected chi connectivity index (χ4v) is 3.63. The maximum absolute atomic E-state index is 12.7. The predicted molar refractivity (Wildman–Crippen MR) is 104 cm³/mol. The molecule has 1 aliphatic heterocycles. The van der Waals surface area contributed by atoms with Gasteiger partial charge in [-0.2, -0.15) is 0 Å². The van der Waals surface area contributed by atoms with Crippen LogP contribution in [0.15, 0.2) is 47.4 Å². The molecule has 8 nitrogen and oxygen atoms in total. The van der Waals surface area contributed by atoms with Gasteiger partial charge in [0.15, 0.2) is 11.5 Å². The molecule has 1 aliphatic rings. The van der Waals surface area contributed by atoms with E-state index in [1.807, 2.05) is 0 Å². The molecule has 2 aromatic rings. The number of para-hydroxylation sites is 2. The van der Waals surface area contributed by atoms with Gasteiger partial charge in [0.1, 0.15) is 0 Å². The standard InChI is InChI=1S/C19H16N2O6S/c1-26-15-9-5-7-12(17(15)27-2)10-16-18(22)20(19(23)28-16)11-13-6-3-4-8-14(13)21(24)25/h3-10H,11H2,1-2H3/b16-10-. The number of rotatable bonds is 6. The molecular weight excluding hydrogens is 384 g/mol. The summed E-state index contributed by atoms with van der Waals surface area (Å²) in [5, 5.41) is 10.7. The summed E-state index contributed by atoms with van der Waals surface area (Å²) in [4.78, 5) is 36.9. The smallest absolute Gasteiger partial charge is 0.293 e. The second-order valence-corrected chi connectivity index (χ2v) is 6.73. The monoisotopic (exact) mass is 400 g/mol. The van der Waals surface area contributed by atoms with Crippen LogP contribution in [0.3, 0.4) is 0 Å². The number of nitro groups is 1. The normalized spacial score (nSPS) is 15.2. The topological polar surface area (TPSA) is 99.0 Å². The minimum atomic E-state index is -0.536. The molecule has 144 valence electrons. The molecule has 3 rings (SSSR count). The van der Waals surface area contributed by atoms with Crippen molar-refractivity contribution in [2.24, 2.45) is 0 Å².